The van der Waals surface area contributed by atoms with Crippen molar-refractivity contribution in [3.63, 3.8) is 0 Å². The molecule has 6 heteroatoms. The molecule has 0 amide bonds. The van der Waals surface area contributed by atoms with Gasteiger partial charge in [-0.15, -0.1) is 0 Å². The zero-order chi connectivity index (χ0) is 17.1. The molecule has 2 N–H and O–H groups in total. The molecule has 2 aromatic heterocycles. The van der Waals surface area contributed by atoms with E-state index in [9.17, 15) is 0 Å². The van der Waals surface area contributed by atoms with Crippen LogP contribution in [0.5, 0.6) is 5.75 Å². The van der Waals surface area contributed by atoms with Crippen molar-refractivity contribution in [2.24, 2.45) is 11.7 Å². The lowest BCUT2D eigenvalue weighted by atomic mass is 10.0. The number of halogens is 1. The number of ether oxygens (including phenoxy) is 1. The van der Waals surface area contributed by atoms with Gasteiger partial charge in [-0.1, -0.05) is 18.5 Å². The van der Waals surface area contributed by atoms with Crippen molar-refractivity contribution in [1.82, 2.24) is 14.6 Å². The van der Waals surface area contributed by atoms with Crippen molar-refractivity contribution in [3.8, 4) is 17.0 Å². The van der Waals surface area contributed by atoms with Gasteiger partial charge in [0.25, 0.3) is 0 Å². The Balaban J connectivity index is 1.79. The highest BCUT2D eigenvalue weighted by Crippen LogP contribution is 2.30. The van der Waals surface area contributed by atoms with Gasteiger partial charge in [-0.05, 0) is 43.5 Å². The van der Waals surface area contributed by atoms with Gasteiger partial charge in [-0.25, -0.2) is 9.50 Å². The van der Waals surface area contributed by atoms with E-state index < -0.39 is 0 Å². The molecule has 0 aliphatic heterocycles. The molecule has 0 aliphatic rings. The van der Waals surface area contributed by atoms with E-state index in [0.717, 1.165) is 23.3 Å². The monoisotopic (exact) mass is 344 g/mol. The van der Waals surface area contributed by atoms with Crippen molar-refractivity contribution >= 4 is 17.2 Å². The van der Waals surface area contributed by atoms with Crippen molar-refractivity contribution in [2.75, 3.05) is 6.61 Å². The second-order valence-electron chi connectivity index (χ2n) is 6.21. The maximum absolute atomic E-state index is 6.40. The molecule has 2 heterocycles. The predicted octanol–water partition coefficient (Wildman–Crippen LogP) is 3.80. The molecule has 0 radical (unpaired) electrons. The first-order valence-electron chi connectivity index (χ1n) is 8.01. The number of fused-ring (bicyclic) bond motifs is 1. The Hall–Kier alpha value is -2.11. The fraction of sp³-hybridized carbons (Fsp3) is 0.333. The summed E-state index contributed by atoms with van der Waals surface area (Å²) >= 11 is 6.40. The minimum absolute atomic E-state index is 0.171. The van der Waals surface area contributed by atoms with Gasteiger partial charge in [-0.3, -0.25) is 0 Å². The van der Waals surface area contributed by atoms with Crippen LogP contribution in [0.15, 0.2) is 42.7 Å². The van der Waals surface area contributed by atoms with Gasteiger partial charge in [0.2, 0.25) is 0 Å². The zero-order valence-corrected chi connectivity index (χ0v) is 14.6. The first-order chi connectivity index (χ1) is 11.5. The largest absolute Gasteiger partial charge is 0.492 e. The van der Waals surface area contributed by atoms with E-state index >= 15 is 0 Å². The average molecular weight is 345 g/mol. The predicted molar refractivity (Wildman–Crippen MR) is 96.4 cm³/mol. The molecule has 126 valence electrons. The Morgan fingerprint density at radius 3 is 2.79 bits per heavy atom. The summed E-state index contributed by atoms with van der Waals surface area (Å²) in [6, 6.07) is 9.72. The molecule has 0 spiro atoms. The average Bonchev–Trinajstić information content (AvgIpc) is 3.01. The van der Waals surface area contributed by atoms with E-state index in [2.05, 4.69) is 17.0 Å². The highest BCUT2D eigenvalue weighted by atomic mass is 35.5. The van der Waals surface area contributed by atoms with Crippen molar-refractivity contribution in [2.45, 2.75) is 26.3 Å². The molecule has 3 aromatic rings. The van der Waals surface area contributed by atoms with Crippen molar-refractivity contribution < 1.29 is 4.74 Å². The quantitative estimate of drug-likeness (QED) is 0.738. The van der Waals surface area contributed by atoms with Crippen LogP contribution in [-0.2, 0) is 0 Å². The van der Waals surface area contributed by atoms with Crippen LogP contribution in [0.3, 0.4) is 0 Å². The normalized spacial score (nSPS) is 13.8. The maximum Gasteiger partial charge on any atom is 0.155 e. The number of nitrogens with zero attached hydrogens (tertiary/aromatic N) is 3. The van der Waals surface area contributed by atoms with Gasteiger partial charge in [0.1, 0.15) is 5.75 Å². The smallest absolute Gasteiger partial charge is 0.155 e. The number of hydrogen-bond donors (Lipinski definition) is 1. The number of benzene rings is 1. The number of rotatable bonds is 6. The van der Waals surface area contributed by atoms with Gasteiger partial charge in [0, 0.05) is 23.9 Å². The van der Waals surface area contributed by atoms with Crippen LogP contribution in [0.2, 0.25) is 5.02 Å². The van der Waals surface area contributed by atoms with Gasteiger partial charge < -0.3 is 10.5 Å². The van der Waals surface area contributed by atoms with E-state index in [1.54, 1.807) is 16.9 Å². The number of nitrogens with two attached hydrogens (primary N) is 1. The third kappa shape index (κ3) is 3.68. The first-order valence-corrected chi connectivity index (χ1v) is 8.39. The molecule has 2 atom stereocenters. The molecular weight excluding hydrogens is 324 g/mol. The zero-order valence-electron chi connectivity index (χ0n) is 13.8. The fourth-order valence-electron chi connectivity index (χ4n) is 2.77. The summed E-state index contributed by atoms with van der Waals surface area (Å²) in [4.78, 5) is 4.27. The molecular formula is C18H21ClN4O. The molecule has 0 bridgehead atoms. The molecule has 3 rings (SSSR count). The second-order valence-corrected chi connectivity index (χ2v) is 6.61. The second kappa shape index (κ2) is 7.20. The van der Waals surface area contributed by atoms with Crippen LogP contribution in [-0.4, -0.2) is 27.2 Å². The summed E-state index contributed by atoms with van der Waals surface area (Å²) in [6.07, 6.45) is 4.41. The van der Waals surface area contributed by atoms with Crippen LogP contribution in [0.25, 0.3) is 16.9 Å². The highest BCUT2D eigenvalue weighted by Gasteiger charge is 2.11. The molecule has 5 nitrogen and oxygen atoms in total. The lowest BCUT2D eigenvalue weighted by Gasteiger charge is -2.16. The third-order valence-corrected chi connectivity index (χ3v) is 4.11. The van der Waals surface area contributed by atoms with E-state index in [0.29, 0.717) is 23.3 Å². The summed E-state index contributed by atoms with van der Waals surface area (Å²) in [5, 5.41) is 4.88. The molecule has 0 fully saturated rings. The summed E-state index contributed by atoms with van der Waals surface area (Å²) < 4.78 is 7.63. The molecule has 0 saturated carbocycles. The van der Waals surface area contributed by atoms with Crippen LogP contribution in [0, 0.1) is 5.92 Å². The van der Waals surface area contributed by atoms with Gasteiger partial charge in [-0.2, -0.15) is 5.10 Å². The Morgan fingerprint density at radius 1 is 1.21 bits per heavy atom. The lowest BCUT2D eigenvalue weighted by molar-refractivity contribution is 0.246. The number of hydrogen-bond acceptors (Lipinski definition) is 4. The summed E-state index contributed by atoms with van der Waals surface area (Å²) in [5.74, 6) is 1.06. The third-order valence-electron chi connectivity index (χ3n) is 3.82. The summed E-state index contributed by atoms with van der Waals surface area (Å²) in [5.41, 5.74) is 8.52. The minimum Gasteiger partial charge on any atom is -0.492 e. The Bertz CT molecular complexity index is 831. The van der Waals surface area contributed by atoms with E-state index in [-0.39, 0.29) is 6.04 Å². The first kappa shape index (κ1) is 16.7. The fourth-order valence-corrected chi connectivity index (χ4v) is 3.00. The van der Waals surface area contributed by atoms with Crippen LogP contribution in [0.1, 0.15) is 20.3 Å². The van der Waals surface area contributed by atoms with Gasteiger partial charge >= 0.3 is 0 Å². The summed E-state index contributed by atoms with van der Waals surface area (Å²) in [6.45, 7) is 4.72. The van der Waals surface area contributed by atoms with E-state index in [1.807, 2.05) is 37.3 Å². The SMILES string of the molecule is CC(N)CC(C)COc1ccc(-c2ccnc3ccnn23)cc1Cl. The molecule has 24 heavy (non-hydrogen) atoms. The molecule has 0 saturated heterocycles. The van der Waals surface area contributed by atoms with Crippen LogP contribution < -0.4 is 10.5 Å². The standard InChI is InChI=1S/C18H21ClN4O/c1-12(9-13(2)20)11-24-17-4-3-14(10-15(17)19)16-5-7-21-18-6-8-22-23(16)18/h3-8,10,12-13H,9,11,20H2,1-2H3. The topological polar surface area (TPSA) is 65.4 Å². The number of aromatic nitrogens is 3. The van der Waals surface area contributed by atoms with Gasteiger partial charge in [0.15, 0.2) is 5.65 Å². The van der Waals surface area contributed by atoms with E-state index in [1.165, 1.54) is 0 Å². The Kier molecular flexibility index (Phi) is 5.02. The van der Waals surface area contributed by atoms with Gasteiger partial charge in [0.05, 0.1) is 23.5 Å². The molecule has 0 aliphatic carbocycles. The Morgan fingerprint density at radius 2 is 2.04 bits per heavy atom. The van der Waals surface area contributed by atoms with E-state index in [4.69, 9.17) is 22.1 Å². The maximum atomic E-state index is 6.40. The van der Waals surface area contributed by atoms with Crippen LogP contribution in [0.4, 0.5) is 0 Å². The molecule has 2 unspecified atom stereocenters. The van der Waals surface area contributed by atoms with Crippen LogP contribution >= 0.6 is 11.6 Å². The minimum atomic E-state index is 0.171. The Labute approximate surface area is 146 Å². The lowest BCUT2D eigenvalue weighted by Crippen LogP contribution is -2.21. The van der Waals surface area contributed by atoms with Crippen molar-refractivity contribution in [3.05, 3.63) is 47.7 Å². The molecule has 1 aromatic carbocycles. The van der Waals surface area contributed by atoms with Crippen molar-refractivity contribution in [1.29, 1.82) is 0 Å². The summed E-state index contributed by atoms with van der Waals surface area (Å²) in [7, 11) is 0. The highest BCUT2D eigenvalue weighted by molar-refractivity contribution is 6.32.